The Morgan fingerprint density at radius 2 is 2.06 bits per heavy atom. The van der Waals surface area contributed by atoms with Gasteiger partial charge in [0.2, 0.25) is 0 Å². The third-order valence-corrected chi connectivity index (χ3v) is 3.47. The molecule has 2 aromatic rings. The molecule has 94 valence electrons. The van der Waals surface area contributed by atoms with E-state index >= 15 is 0 Å². The van der Waals surface area contributed by atoms with Crippen molar-refractivity contribution in [2.75, 3.05) is 0 Å². The van der Waals surface area contributed by atoms with Crippen LogP contribution in [-0.4, -0.2) is 4.98 Å². The van der Waals surface area contributed by atoms with E-state index in [-0.39, 0.29) is 6.04 Å². The van der Waals surface area contributed by atoms with E-state index in [0.29, 0.717) is 10.0 Å². The number of rotatable bonds is 3. The van der Waals surface area contributed by atoms with E-state index in [1.807, 2.05) is 12.1 Å². The molecule has 4 heteroatoms. The van der Waals surface area contributed by atoms with Crippen LogP contribution in [-0.2, 0) is 6.42 Å². The van der Waals surface area contributed by atoms with Gasteiger partial charge in [0.1, 0.15) is 0 Å². The van der Waals surface area contributed by atoms with Crippen LogP contribution in [0.25, 0.3) is 0 Å². The highest BCUT2D eigenvalue weighted by Crippen LogP contribution is 2.29. The molecule has 0 spiro atoms. The molecule has 2 nitrogen and oxygen atoms in total. The van der Waals surface area contributed by atoms with E-state index in [2.05, 4.69) is 11.9 Å². The molecule has 0 radical (unpaired) electrons. The van der Waals surface area contributed by atoms with Gasteiger partial charge in [-0.15, -0.1) is 0 Å². The molecule has 1 heterocycles. The molecule has 0 saturated carbocycles. The van der Waals surface area contributed by atoms with Gasteiger partial charge in [-0.25, -0.2) is 0 Å². The number of pyridine rings is 1. The van der Waals surface area contributed by atoms with Crippen LogP contribution < -0.4 is 5.73 Å². The zero-order valence-electron chi connectivity index (χ0n) is 10.0. The molecular weight excluding hydrogens is 267 g/mol. The number of nitrogens with zero attached hydrogens (tertiary/aromatic N) is 1. The largest absolute Gasteiger partial charge is 0.319 e. The van der Waals surface area contributed by atoms with Crippen molar-refractivity contribution in [2.24, 2.45) is 5.73 Å². The molecule has 0 amide bonds. The van der Waals surface area contributed by atoms with Crippen molar-refractivity contribution < 1.29 is 0 Å². The number of nitrogens with two attached hydrogens (primary N) is 1. The van der Waals surface area contributed by atoms with Crippen molar-refractivity contribution in [3.05, 3.63) is 63.4 Å². The summed E-state index contributed by atoms with van der Waals surface area (Å²) in [5.41, 5.74) is 9.04. The summed E-state index contributed by atoms with van der Waals surface area (Å²) in [6, 6.07) is 8.89. The van der Waals surface area contributed by atoms with Crippen molar-refractivity contribution in [1.82, 2.24) is 4.98 Å². The molecule has 0 aliphatic heterocycles. The number of halogens is 2. The van der Waals surface area contributed by atoms with Crippen LogP contribution >= 0.6 is 23.2 Å². The summed E-state index contributed by atoms with van der Waals surface area (Å²) in [5.74, 6) is 0. The summed E-state index contributed by atoms with van der Waals surface area (Å²) in [6.45, 7) is 2.08. The quantitative estimate of drug-likeness (QED) is 0.923. The molecule has 2 rings (SSSR count). The van der Waals surface area contributed by atoms with Crippen molar-refractivity contribution in [3.8, 4) is 0 Å². The van der Waals surface area contributed by atoms with Gasteiger partial charge in [0, 0.05) is 16.2 Å². The van der Waals surface area contributed by atoms with Crippen molar-refractivity contribution >= 4 is 23.2 Å². The molecule has 2 N–H and O–H groups in total. The molecular formula is C14H14Cl2N2. The predicted octanol–water partition coefficient (Wildman–Crippen LogP) is 4.00. The highest BCUT2D eigenvalue weighted by atomic mass is 35.5. The first-order chi connectivity index (χ1) is 8.63. The SMILES string of the molecule is CCc1cccnc1C(N)c1cc(Cl)ccc1Cl. The number of aryl methyl sites for hydroxylation is 1. The number of hydrogen-bond donors (Lipinski definition) is 1. The van der Waals surface area contributed by atoms with Crippen LogP contribution in [0.15, 0.2) is 36.5 Å². The van der Waals surface area contributed by atoms with E-state index < -0.39 is 0 Å². The lowest BCUT2D eigenvalue weighted by molar-refractivity contribution is 0.806. The lowest BCUT2D eigenvalue weighted by atomic mass is 9.99. The van der Waals surface area contributed by atoms with Gasteiger partial charge in [0.05, 0.1) is 11.7 Å². The topological polar surface area (TPSA) is 38.9 Å². The molecule has 0 aliphatic rings. The maximum absolute atomic E-state index is 6.26. The van der Waals surface area contributed by atoms with Crippen LogP contribution in [0.1, 0.15) is 29.8 Å². The fourth-order valence-corrected chi connectivity index (χ4v) is 2.35. The van der Waals surface area contributed by atoms with E-state index in [1.54, 1.807) is 24.4 Å². The zero-order chi connectivity index (χ0) is 13.1. The molecule has 0 saturated heterocycles. The molecule has 1 aromatic heterocycles. The Hall–Kier alpha value is -1.09. The fourth-order valence-electron chi connectivity index (χ4n) is 1.93. The van der Waals surface area contributed by atoms with Gasteiger partial charge in [0.15, 0.2) is 0 Å². The Morgan fingerprint density at radius 1 is 1.28 bits per heavy atom. The van der Waals surface area contributed by atoms with Gasteiger partial charge in [-0.05, 0) is 41.8 Å². The maximum Gasteiger partial charge on any atom is 0.0744 e. The van der Waals surface area contributed by atoms with Crippen molar-refractivity contribution in [1.29, 1.82) is 0 Å². The Morgan fingerprint density at radius 3 is 2.78 bits per heavy atom. The third kappa shape index (κ3) is 2.66. The van der Waals surface area contributed by atoms with Gasteiger partial charge in [-0.2, -0.15) is 0 Å². The average Bonchev–Trinajstić information content (AvgIpc) is 2.40. The van der Waals surface area contributed by atoms with Gasteiger partial charge in [-0.3, -0.25) is 4.98 Å². The number of aromatic nitrogens is 1. The molecule has 0 bridgehead atoms. The Balaban J connectivity index is 2.47. The minimum absolute atomic E-state index is 0.354. The first-order valence-corrected chi connectivity index (χ1v) is 6.53. The molecule has 1 atom stereocenters. The van der Waals surface area contributed by atoms with E-state index in [4.69, 9.17) is 28.9 Å². The Labute approximate surface area is 117 Å². The van der Waals surface area contributed by atoms with Gasteiger partial charge in [-0.1, -0.05) is 36.2 Å². The highest BCUT2D eigenvalue weighted by molar-refractivity contribution is 6.33. The maximum atomic E-state index is 6.26. The fraction of sp³-hybridized carbons (Fsp3) is 0.214. The molecule has 18 heavy (non-hydrogen) atoms. The minimum Gasteiger partial charge on any atom is -0.319 e. The summed E-state index contributed by atoms with van der Waals surface area (Å²) in [7, 11) is 0. The monoisotopic (exact) mass is 280 g/mol. The summed E-state index contributed by atoms with van der Waals surface area (Å²) in [4.78, 5) is 4.37. The summed E-state index contributed by atoms with van der Waals surface area (Å²) in [6.07, 6.45) is 2.63. The standard InChI is InChI=1S/C14H14Cl2N2/c1-2-9-4-3-7-18-14(9)13(17)11-8-10(15)5-6-12(11)16/h3-8,13H,2,17H2,1H3. The first kappa shape index (κ1) is 13.3. The lowest BCUT2D eigenvalue weighted by Gasteiger charge is -2.16. The van der Waals surface area contributed by atoms with Crippen LogP contribution in [0, 0.1) is 0 Å². The second kappa shape index (κ2) is 5.70. The van der Waals surface area contributed by atoms with Crippen LogP contribution in [0.2, 0.25) is 10.0 Å². The first-order valence-electron chi connectivity index (χ1n) is 5.77. The lowest BCUT2D eigenvalue weighted by Crippen LogP contribution is -2.16. The Kier molecular flexibility index (Phi) is 4.23. The molecule has 0 aliphatic carbocycles. The van der Waals surface area contributed by atoms with E-state index in [9.17, 15) is 0 Å². The van der Waals surface area contributed by atoms with Crippen LogP contribution in [0.4, 0.5) is 0 Å². The van der Waals surface area contributed by atoms with Gasteiger partial charge >= 0.3 is 0 Å². The van der Waals surface area contributed by atoms with Crippen LogP contribution in [0.5, 0.6) is 0 Å². The second-order valence-electron chi connectivity index (χ2n) is 4.04. The van der Waals surface area contributed by atoms with Gasteiger partial charge in [0.25, 0.3) is 0 Å². The summed E-state index contributed by atoms with van der Waals surface area (Å²) >= 11 is 12.2. The van der Waals surface area contributed by atoms with Crippen molar-refractivity contribution in [3.63, 3.8) is 0 Å². The summed E-state index contributed by atoms with van der Waals surface area (Å²) < 4.78 is 0. The van der Waals surface area contributed by atoms with Crippen LogP contribution in [0.3, 0.4) is 0 Å². The van der Waals surface area contributed by atoms with E-state index in [1.165, 1.54) is 0 Å². The Bertz CT molecular complexity index is 555. The van der Waals surface area contributed by atoms with Gasteiger partial charge < -0.3 is 5.73 Å². The average molecular weight is 281 g/mol. The predicted molar refractivity (Wildman–Crippen MR) is 76.1 cm³/mol. The summed E-state index contributed by atoms with van der Waals surface area (Å²) in [5, 5.41) is 1.23. The van der Waals surface area contributed by atoms with E-state index in [0.717, 1.165) is 23.2 Å². The zero-order valence-corrected chi connectivity index (χ0v) is 11.5. The van der Waals surface area contributed by atoms with Crippen molar-refractivity contribution in [2.45, 2.75) is 19.4 Å². The molecule has 1 unspecified atom stereocenters. The third-order valence-electron chi connectivity index (χ3n) is 2.89. The number of benzene rings is 1. The molecule has 0 fully saturated rings. The number of hydrogen-bond acceptors (Lipinski definition) is 2. The minimum atomic E-state index is -0.354. The molecule has 1 aromatic carbocycles. The smallest absolute Gasteiger partial charge is 0.0744 e. The normalized spacial score (nSPS) is 12.4. The highest BCUT2D eigenvalue weighted by Gasteiger charge is 2.16. The second-order valence-corrected chi connectivity index (χ2v) is 4.89.